The lowest BCUT2D eigenvalue weighted by molar-refractivity contribution is -0.387. The van der Waals surface area contributed by atoms with E-state index in [9.17, 15) is 31.3 Å². The Kier molecular flexibility index (Phi) is 5.48. The summed E-state index contributed by atoms with van der Waals surface area (Å²) in [5, 5.41) is 11.1. The van der Waals surface area contributed by atoms with Gasteiger partial charge in [0.25, 0.3) is 5.69 Å². The molecule has 2 aromatic carbocycles. The maximum Gasteiger partial charge on any atom is 0.289 e. The van der Waals surface area contributed by atoms with E-state index in [2.05, 4.69) is 0 Å². The Bertz CT molecular complexity index is 1100. The van der Waals surface area contributed by atoms with Crippen LogP contribution < -0.4 is 0 Å². The lowest BCUT2D eigenvalue weighted by Gasteiger charge is -2.33. The Balaban J connectivity index is 1.80. The fourth-order valence-corrected chi connectivity index (χ4v) is 5.87. The Morgan fingerprint density at radius 2 is 1.32 bits per heavy atom. The molecule has 150 valence electrons. The molecule has 0 radical (unpaired) electrons. The van der Waals surface area contributed by atoms with E-state index >= 15 is 0 Å². The number of nitro groups is 1. The van der Waals surface area contributed by atoms with E-state index in [1.807, 2.05) is 0 Å². The standard InChI is InChI=1S/C16H16FN3O6S2/c17-13-5-7-14(8-6-13)27(23,24)18-9-11-19(12-10-18)28(25,26)16-4-2-1-3-15(16)20(21)22/h1-8H,9-12H2. The molecule has 0 spiro atoms. The van der Waals surface area contributed by atoms with Crippen molar-refractivity contribution in [3.63, 3.8) is 0 Å². The Morgan fingerprint density at radius 1 is 0.821 bits per heavy atom. The molecule has 9 nitrogen and oxygen atoms in total. The van der Waals surface area contributed by atoms with Crippen LogP contribution in [-0.2, 0) is 20.0 Å². The zero-order valence-electron chi connectivity index (χ0n) is 14.4. The molecule has 3 rings (SSSR count). The first-order valence-corrected chi connectivity index (χ1v) is 11.0. The molecule has 1 fully saturated rings. The van der Waals surface area contributed by atoms with Crippen molar-refractivity contribution in [1.29, 1.82) is 0 Å². The molecule has 0 amide bonds. The summed E-state index contributed by atoms with van der Waals surface area (Å²) < 4.78 is 65.9. The molecular formula is C16H16FN3O6S2. The topological polar surface area (TPSA) is 118 Å². The van der Waals surface area contributed by atoms with Crippen molar-refractivity contribution in [3.05, 3.63) is 64.5 Å². The molecule has 1 aliphatic heterocycles. The summed E-state index contributed by atoms with van der Waals surface area (Å²) in [6.07, 6.45) is 0. The number of piperazine rings is 1. The summed E-state index contributed by atoms with van der Waals surface area (Å²) in [7, 11) is -8.05. The van der Waals surface area contributed by atoms with Gasteiger partial charge in [0.15, 0.2) is 4.90 Å². The van der Waals surface area contributed by atoms with Crippen molar-refractivity contribution in [2.24, 2.45) is 0 Å². The van der Waals surface area contributed by atoms with Crippen LogP contribution in [0, 0.1) is 15.9 Å². The van der Waals surface area contributed by atoms with E-state index in [1.165, 1.54) is 12.1 Å². The van der Waals surface area contributed by atoms with Gasteiger partial charge in [-0.2, -0.15) is 8.61 Å². The normalized spacial score (nSPS) is 16.8. The van der Waals surface area contributed by atoms with Gasteiger partial charge in [-0.3, -0.25) is 10.1 Å². The molecule has 28 heavy (non-hydrogen) atoms. The first-order valence-electron chi connectivity index (χ1n) is 8.13. The number of halogens is 1. The lowest BCUT2D eigenvalue weighted by Crippen LogP contribution is -2.50. The van der Waals surface area contributed by atoms with Gasteiger partial charge in [0.2, 0.25) is 20.0 Å². The molecule has 1 heterocycles. The van der Waals surface area contributed by atoms with Gasteiger partial charge in [0.05, 0.1) is 9.82 Å². The zero-order chi connectivity index (χ0) is 20.5. The maximum absolute atomic E-state index is 13.0. The highest BCUT2D eigenvalue weighted by molar-refractivity contribution is 7.89. The van der Waals surface area contributed by atoms with Gasteiger partial charge in [-0.15, -0.1) is 0 Å². The van der Waals surface area contributed by atoms with Crippen LogP contribution in [0.4, 0.5) is 10.1 Å². The number of sulfonamides is 2. The van der Waals surface area contributed by atoms with Crippen LogP contribution in [0.15, 0.2) is 58.3 Å². The van der Waals surface area contributed by atoms with Gasteiger partial charge in [-0.1, -0.05) is 12.1 Å². The van der Waals surface area contributed by atoms with Crippen LogP contribution in [-0.4, -0.2) is 56.5 Å². The minimum atomic E-state index is -4.16. The molecule has 0 atom stereocenters. The summed E-state index contributed by atoms with van der Waals surface area (Å²) in [5.41, 5.74) is -0.538. The molecule has 0 unspecified atom stereocenters. The third kappa shape index (κ3) is 3.76. The molecule has 2 aromatic rings. The molecule has 0 aliphatic carbocycles. The molecule has 0 bridgehead atoms. The zero-order valence-corrected chi connectivity index (χ0v) is 16.1. The molecule has 1 aliphatic rings. The second-order valence-corrected chi connectivity index (χ2v) is 9.83. The summed E-state index contributed by atoms with van der Waals surface area (Å²) in [4.78, 5) is 9.82. The van der Waals surface area contributed by atoms with Gasteiger partial charge in [0.1, 0.15) is 5.82 Å². The highest BCUT2D eigenvalue weighted by Gasteiger charge is 2.36. The van der Waals surface area contributed by atoms with Crippen LogP contribution in [0.25, 0.3) is 0 Å². The third-order valence-electron chi connectivity index (χ3n) is 4.33. The average molecular weight is 429 g/mol. The quantitative estimate of drug-likeness (QED) is 0.524. The monoisotopic (exact) mass is 429 g/mol. The largest absolute Gasteiger partial charge is 0.289 e. The van der Waals surface area contributed by atoms with Crippen LogP contribution in [0.3, 0.4) is 0 Å². The number of para-hydroxylation sites is 1. The summed E-state index contributed by atoms with van der Waals surface area (Å²) in [5.74, 6) is -0.570. The first kappa shape index (κ1) is 20.3. The van der Waals surface area contributed by atoms with E-state index in [0.29, 0.717) is 0 Å². The maximum atomic E-state index is 13.0. The molecule has 0 aromatic heterocycles. The SMILES string of the molecule is O=[N+]([O-])c1ccccc1S(=O)(=O)N1CCN(S(=O)(=O)c2ccc(F)cc2)CC1. The number of benzene rings is 2. The number of nitro benzene ring substituents is 1. The van der Waals surface area contributed by atoms with Gasteiger partial charge in [0, 0.05) is 32.2 Å². The fraction of sp³-hybridized carbons (Fsp3) is 0.250. The number of hydrogen-bond donors (Lipinski definition) is 0. The van der Waals surface area contributed by atoms with Crippen molar-refractivity contribution in [2.75, 3.05) is 26.2 Å². The molecule has 0 saturated carbocycles. The van der Waals surface area contributed by atoms with Gasteiger partial charge < -0.3 is 0 Å². The minimum absolute atomic E-state index is 0.0936. The van der Waals surface area contributed by atoms with Crippen molar-refractivity contribution in [2.45, 2.75) is 9.79 Å². The average Bonchev–Trinajstić information content (AvgIpc) is 2.68. The fourth-order valence-electron chi connectivity index (χ4n) is 2.87. The second-order valence-electron chi connectivity index (χ2n) is 5.99. The van der Waals surface area contributed by atoms with E-state index in [0.717, 1.165) is 45.0 Å². The predicted octanol–water partition coefficient (Wildman–Crippen LogP) is 1.43. The molecular weight excluding hydrogens is 413 g/mol. The van der Waals surface area contributed by atoms with Crippen molar-refractivity contribution < 1.29 is 26.1 Å². The van der Waals surface area contributed by atoms with Crippen molar-refractivity contribution in [3.8, 4) is 0 Å². The molecule has 12 heteroatoms. The van der Waals surface area contributed by atoms with Crippen molar-refractivity contribution >= 4 is 25.7 Å². The van der Waals surface area contributed by atoms with Crippen LogP contribution >= 0.6 is 0 Å². The van der Waals surface area contributed by atoms with Crippen LogP contribution in [0.1, 0.15) is 0 Å². The van der Waals surface area contributed by atoms with Crippen molar-refractivity contribution in [1.82, 2.24) is 8.61 Å². The Hall–Kier alpha value is -2.41. The van der Waals surface area contributed by atoms with E-state index in [4.69, 9.17) is 0 Å². The Labute approximate surface area is 161 Å². The van der Waals surface area contributed by atoms with Gasteiger partial charge in [-0.05, 0) is 30.3 Å². The highest BCUT2D eigenvalue weighted by Crippen LogP contribution is 2.27. The van der Waals surface area contributed by atoms with Crippen LogP contribution in [0.5, 0.6) is 0 Å². The molecule has 1 saturated heterocycles. The van der Waals surface area contributed by atoms with Gasteiger partial charge >= 0.3 is 0 Å². The summed E-state index contributed by atoms with van der Waals surface area (Å²) >= 11 is 0. The number of nitrogens with zero attached hydrogens (tertiary/aromatic N) is 3. The lowest BCUT2D eigenvalue weighted by atomic mass is 10.3. The second kappa shape index (κ2) is 7.54. The third-order valence-corrected chi connectivity index (χ3v) is 8.19. The Morgan fingerprint density at radius 3 is 1.86 bits per heavy atom. The summed E-state index contributed by atoms with van der Waals surface area (Å²) in [6, 6.07) is 9.34. The van der Waals surface area contributed by atoms with E-state index in [1.54, 1.807) is 0 Å². The van der Waals surface area contributed by atoms with Gasteiger partial charge in [-0.25, -0.2) is 21.2 Å². The van der Waals surface area contributed by atoms with E-state index in [-0.39, 0.29) is 31.1 Å². The van der Waals surface area contributed by atoms with Crippen LogP contribution in [0.2, 0.25) is 0 Å². The highest BCUT2D eigenvalue weighted by atomic mass is 32.2. The minimum Gasteiger partial charge on any atom is -0.258 e. The smallest absolute Gasteiger partial charge is 0.258 e. The number of rotatable bonds is 5. The predicted molar refractivity (Wildman–Crippen MR) is 97.0 cm³/mol. The first-order chi connectivity index (χ1) is 13.1. The molecule has 0 N–H and O–H groups in total. The summed E-state index contributed by atoms with van der Waals surface area (Å²) in [6.45, 7) is -0.567. The van der Waals surface area contributed by atoms with E-state index < -0.39 is 41.4 Å². The number of hydrogen-bond acceptors (Lipinski definition) is 6.